The van der Waals surface area contributed by atoms with E-state index in [0.29, 0.717) is 6.42 Å². The number of carbonyl (C=O) groups is 2. The third-order valence-electron chi connectivity index (χ3n) is 3.27. The second-order valence-corrected chi connectivity index (χ2v) is 5.05. The zero-order chi connectivity index (χ0) is 17.2. The standard InChI is InChI=1S/C19H19NO4/c1-2-23-18(21)17(13-15-9-5-3-6-10-15)20-19(22)24-14-16-11-7-4-8-12-16/h2-12,17H,1,13-14H2,(H,20,22)/t17-/m0/s1. The topological polar surface area (TPSA) is 64.6 Å². The molecular weight excluding hydrogens is 306 g/mol. The molecular formula is C19H19NO4. The minimum atomic E-state index is -0.853. The molecule has 0 heterocycles. The summed E-state index contributed by atoms with van der Waals surface area (Å²) in [4.78, 5) is 24.0. The van der Waals surface area contributed by atoms with Crippen molar-refractivity contribution in [2.45, 2.75) is 19.1 Å². The summed E-state index contributed by atoms with van der Waals surface area (Å²) in [6, 6.07) is 17.8. The zero-order valence-corrected chi connectivity index (χ0v) is 13.2. The van der Waals surface area contributed by atoms with Crippen molar-refractivity contribution < 1.29 is 19.1 Å². The first kappa shape index (κ1) is 17.3. The minimum Gasteiger partial charge on any atom is -0.445 e. The van der Waals surface area contributed by atoms with Crippen molar-refractivity contribution in [3.63, 3.8) is 0 Å². The molecule has 0 bridgehead atoms. The van der Waals surface area contributed by atoms with Gasteiger partial charge in [-0.05, 0) is 11.1 Å². The van der Waals surface area contributed by atoms with Gasteiger partial charge < -0.3 is 14.8 Å². The molecule has 2 aromatic rings. The predicted octanol–water partition coefficient (Wildman–Crippen LogP) is 3.21. The number of amides is 1. The normalized spacial score (nSPS) is 11.2. The van der Waals surface area contributed by atoms with Crippen LogP contribution in [-0.2, 0) is 27.3 Å². The number of alkyl carbamates (subject to hydrolysis) is 1. The number of esters is 1. The Morgan fingerprint density at radius 1 is 1.00 bits per heavy atom. The summed E-state index contributed by atoms with van der Waals surface area (Å²) in [6.45, 7) is 3.48. The van der Waals surface area contributed by atoms with Crippen LogP contribution in [0.2, 0.25) is 0 Å². The lowest BCUT2D eigenvalue weighted by Gasteiger charge is -2.16. The van der Waals surface area contributed by atoms with E-state index in [1.54, 1.807) is 0 Å². The van der Waals surface area contributed by atoms with Gasteiger partial charge in [-0.3, -0.25) is 0 Å². The maximum atomic E-state index is 12.0. The average Bonchev–Trinajstić information content (AvgIpc) is 2.61. The van der Waals surface area contributed by atoms with Crippen LogP contribution in [0.15, 0.2) is 73.5 Å². The van der Waals surface area contributed by atoms with Gasteiger partial charge >= 0.3 is 12.1 Å². The molecule has 0 aliphatic rings. The van der Waals surface area contributed by atoms with Crippen LogP contribution in [0.25, 0.3) is 0 Å². The van der Waals surface area contributed by atoms with Crippen LogP contribution in [0.1, 0.15) is 11.1 Å². The molecule has 1 atom stereocenters. The van der Waals surface area contributed by atoms with Crippen molar-refractivity contribution in [3.8, 4) is 0 Å². The first-order valence-corrected chi connectivity index (χ1v) is 7.51. The smallest absolute Gasteiger partial charge is 0.408 e. The van der Waals surface area contributed by atoms with Crippen LogP contribution in [0.5, 0.6) is 0 Å². The van der Waals surface area contributed by atoms with Crippen molar-refractivity contribution in [2.24, 2.45) is 0 Å². The van der Waals surface area contributed by atoms with E-state index >= 15 is 0 Å². The molecule has 0 aliphatic heterocycles. The number of carbonyl (C=O) groups excluding carboxylic acids is 2. The molecule has 0 saturated carbocycles. The highest BCUT2D eigenvalue weighted by Gasteiger charge is 2.23. The fraction of sp³-hybridized carbons (Fsp3) is 0.158. The van der Waals surface area contributed by atoms with Crippen molar-refractivity contribution in [2.75, 3.05) is 0 Å². The van der Waals surface area contributed by atoms with Gasteiger partial charge in [-0.25, -0.2) is 9.59 Å². The minimum absolute atomic E-state index is 0.126. The summed E-state index contributed by atoms with van der Waals surface area (Å²) in [5.41, 5.74) is 1.76. The third kappa shape index (κ3) is 5.61. The highest BCUT2D eigenvalue weighted by Crippen LogP contribution is 2.06. The number of benzene rings is 2. The quantitative estimate of drug-likeness (QED) is 0.627. The van der Waals surface area contributed by atoms with Crippen LogP contribution in [0.3, 0.4) is 0 Å². The van der Waals surface area contributed by atoms with E-state index in [-0.39, 0.29) is 6.61 Å². The molecule has 0 radical (unpaired) electrons. The van der Waals surface area contributed by atoms with E-state index in [0.717, 1.165) is 17.4 Å². The Bertz CT molecular complexity index is 670. The first-order chi connectivity index (χ1) is 11.7. The Labute approximate surface area is 140 Å². The summed E-state index contributed by atoms with van der Waals surface area (Å²) in [6.07, 6.45) is 0.659. The van der Waals surface area contributed by atoms with Gasteiger partial charge in [0.25, 0.3) is 0 Å². The Hall–Kier alpha value is -3.08. The van der Waals surface area contributed by atoms with Crippen molar-refractivity contribution in [3.05, 3.63) is 84.6 Å². The van der Waals surface area contributed by atoms with Crippen molar-refractivity contribution >= 4 is 12.1 Å². The van der Waals surface area contributed by atoms with E-state index in [1.807, 2.05) is 60.7 Å². The molecule has 124 valence electrons. The van der Waals surface area contributed by atoms with Crippen molar-refractivity contribution in [1.29, 1.82) is 0 Å². The fourth-order valence-corrected chi connectivity index (χ4v) is 2.11. The Morgan fingerprint density at radius 3 is 2.17 bits per heavy atom. The maximum Gasteiger partial charge on any atom is 0.408 e. The molecule has 24 heavy (non-hydrogen) atoms. The fourth-order valence-electron chi connectivity index (χ4n) is 2.11. The van der Waals surface area contributed by atoms with Gasteiger partial charge in [-0.15, -0.1) is 0 Å². The number of ether oxygens (including phenoxy) is 2. The van der Waals surface area contributed by atoms with Gasteiger partial charge in [0, 0.05) is 6.42 Å². The summed E-state index contributed by atoms with van der Waals surface area (Å²) in [5, 5.41) is 2.54. The molecule has 0 unspecified atom stereocenters. The zero-order valence-electron chi connectivity index (χ0n) is 13.2. The van der Waals surface area contributed by atoms with Gasteiger partial charge in [-0.2, -0.15) is 0 Å². The van der Waals surface area contributed by atoms with Gasteiger partial charge in [0.15, 0.2) is 0 Å². The molecule has 2 rings (SSSR count). The monoisotopic (exact) mass is 325 g/mol. The van der Waals surface area contributed by atoms with Crippen LogP contribution in [-0.4, -0.2) is 18.1 Å². The van der Waals surface area contributed by atoms with Gasteiger partial charge in [-0.1, -0.05) is 67.2 Å². The molecule has 0 saturated heterocycles. The summed E-state index contributed by atoms with van der Waals surface area (Å²) in [7, 11) is 0. The number of rotatable bonds is 7. The molecule has 1 N–H and O–H groups in total. The van der Waals surface area contributed by atoms with Crippen LogP contribution >= 0.6 is 0 Å². The number of nitrogens with one attached hydrogen (secondary N) is 1. The predicted molar refractivity (Wildman–Crippen MR) is 90.0 cm³/mol. The maximum absolute atomic E-state index is 12.0. The number of hydrogen-bond acceptors (Lipinski definition) is 4. The average molecular weight is 325 g/mol. The van der Waals surface area contributed by atoms with Gasteiger partial charge in [0.05, 0.1) is 6.26 Å². The number of hydrogen-bond donors (Lipinski definition) is 1. The van der Waals surface area contributed by atoms with Crippen LogP contribution < -0.4 is 5.32 Å². The van der Waals surface area contributed by atoms with E-state index in [2.05, 4.69) is 11.9 Å². The van der Waals surface area contributed by atoms with E-state index < -0.39 is 18.1 Å². The molecule has 1 amide bonds. The summed E-state index contributed by atoms with van der Waals surface area (Å²) < 4.78 is 9.94. The Morgan fingerprint density at radius 2 is 1.58 bits per heavy atom. The Kier molecular flexibility index (Phi) is 6.58. The van der Waals surface area contributed by atoms with E-state index in [9.17, 15) is 9.59 Å². The highest BCUT2D eigenvalue weighted by atomic mass is 16.6. The molecule has 0 spiro atoms. The van der Waals surface area contributed by atoms with Crippen LogP contribution in [0.4, 0.5) is 4.79 Å². The summed E-state index contributed by atoms with van der Waals surface area (Å²) in [5.74, 6) is -0.592. The van der Waals surface area contributed by atoms with Gasteiger partial charge in [0.1, 0.15) is 12.6 Å². The van der Waals surface area contributed by atoms with E-state index in [4.69, 9.17) is 9.47 Å². The lowest BCUT2D eigenvalue weighted by atomic mass is 10.1. The van der Waals surface area contributed by atoms with E-state index in [1.165, 1.54) is 0 Å². The SMILES string of the molecule is C=COC(=O)[C@H](Cc1ccccc1)NC(=O)OCc1ccccc1. The molecule has 2 aromatic carbocycles. The molecule has 0 aliphatic carbocycles. The van der Waals surface area contributed by atoms with Crippen LogP contribution in [0, 0.1) is 0 Å². The van der Waals surface area contributed by atoms with Crippen molar-refractivity contribution in [1.82, 2.24) is 5.32 Å². The second-order valence-electron chi connectivity index (χ2n) is 5.05. The third-order valence-corrected chi connectivity index (χ3v) is 3.27. The largest absolute Gasteiger partial charge is 0.445 e. The van der Waals surface area contributed by atoms with Gasteiger partial charge in [0.2, 0.25) is 0 Å². The first-order valence-electron chi connectivity index (χ1n) is 7.51. The Balaban J connectivity index is 1.95. The molecule has 0 aromatic heterocycles. The lowest BCUT2D eigenvalue weighted by Crippen LogP contribution is -2.43. The molecule has 0 fully saturated rings. The lowest BCUT2D eigenvalue weighted by molar-refractivity contribution is -0.140. The second kappa shape index (κ2) is 9.15. The molecule has 5 nitrogen and oxygen atoms in total. The molecule has 5 heteroatoms. The summed E-state index contributed by atoms with van der Waals surface area (Å²) >= 11 is 0. The highest BCUT2D eigenvalue weighted by molar-refractivity contribution is 5.82.